The van der Waals surface area contributed by atoms with Gasteiger partial charge in [-0.3, -0.25) is 5.41 Å². The Morgan fingerprint density at radius 3 is 2.76 bits per heavy atom. The molecule has 0 aliphatic carbocycles. The highest BCUT2D eigenvalue weighted by atomic mass is 127. The molecule has 1 fully saturated rings. The quantitative estimate of drug-likeness (QED) is 0.444. The lowest BCUT2D eigenvalue weighted by molar-refractivity contribution is 0.283. The van der Waals surface area contributed by atoms with Crippen molar-refractivity contribution in [1.82, 2.24) is 15.0 Å². The summed E-state index contributed by atoms with van der Waals surface area (Å²) in [5, 5.41) is 11.6. The predicted molar refractivity (Wildman–Crippen MR) is 90.3 cm³/mol. The van der Waals surface area contributed by atoms with Crippen molar-refractivity contribution in [2.45, 2.75) is 18.9 Å². The molecule has 1 aliphatic rings. The van der Waals surface area contributed by atoms with Crippen molar-refractivity contribution in [3.8, 4) is 11.4 Å². The molecule has 21 heavy (non-hydrogen) atoms. The van der Waals surface area contributed by atoms with Crippen molar-refractivity contribution >= 4 is 41.0 Å². The van der Waals surface area contributed by atoms with Crippen molar-refractivity contribution < 1.29 is 4.52 Å². The summed E-state index contributed by atoms with van der Waals surface area (Å²) in [7, 11) is 0. The number of aromatic nitrogens is 2. The molecule has 0 bridgehead atoms. The molecule has 0 amide bonds. The van der Waals surface area contributed by atoms with Crippen LogP contribution in [0.25, 0.3) is 11.4 Å². The van der Waals surface area contributed by atoms with E-state index in [1.807, 2.05) is 24.3 Å². The van der Waals surface area contributed by atoms with Gasteiger partial charge >= 0.3 is 0 Å². The Labute approximate surface area is 142 Å². The second-order valence-corrected chi connectivity index (χ2v) is 5.95. The maximum absolute atomic E-state index is 7.58. The number of likely N-dealkylation sites (tertiary alicyclic amines) is 1. The topological polar surface area (TPSA) is 92.0 Å². The second-order valence-electron chi connectivity index (χ2n) is 4.70. The summed E-state index contributed by atoms with van der Waals surface area (Å²) in [5.74, 6) is 1.17. The normalized spacial score (nSPS) is 17.6. The molecule has 2 heterocycles. The third-order valence-corrected chi connectivity index (χ3v) is 4.11. The average Bonchev–Trinajstić information content (AvgIpc) is 3.08. The van der Waals surface area contributed by atoms with Gasteiger partial charge in [0.25, 0.3) is 0 Å². The van der Waals surface area contributed by atoms with Gasteiger partial charge in [0.05, 0.1) is 0 Å². The maximum Gasteiger partial charge on any atom is 0.249 e. The van der Waals surface area contributed by atoms with Crippen LogP contribution >= 0.6 is 35.0 Å². The zero-order valence-corrected chi connectivity index (χ0v) is 14.1. The molecule has 3 rings (SSSR count). The van der Waals surface area contributed by atoms with E-state index in [1.165, 1.54) is 0 Å². The monoisotopic (exact) mass is 419 g/mol. The Bertz CT molecular complexity index is 630. The van der Waals surface area contributed by atoms with Crippen molar-refractivity contribution in [3.05, 3.63) is 33.7 Å². The van der Waals surface area contributed by atoms with Crippen LogP contribution in [0.5, 0.6) is 0 Å². The van der Waals surface area contributed by atoms with E-state index in [0.29, 0.717) is 11.7 Å². The van der Waals surface area contributed by atoms with Gasteiger partial charge in [0.1, 0.15) is 6.04 Å². The number of hydrogen-bond acceptors (Lipinski definition) is 4. The van der Waals surface area contributed by atoms with Crippen molar-refractivity contribution in [3.63, 3.8) is 0 Å². The Kier molecular flexibility index (Phi) is 5.04. The summed E-state index contributed by atoms with van der Waals surface area (Å²) >= 11 is 2.25. The number of hydrogen-bond donors (Lipinski definition) is 2. The summed E-state index contributed by atoms with van der Waals surface area (Å²) in [5.41, 5.74) is 6.50. The van der Waals surface area contributed by atoms with E-state index in [9.17, 15) is 0 Å². The lowest BCUT2D eigenvalue weighted by Crippen LogP contribution is -2.35. The van der Waals surface area contributed by atoms with E-state index in [4.69, 9.17) is 15.7 Å². The van der Waals surface area contributed by atoms with Gasteiger partial charge in [-0.05, 0) is 47.6 Å². The van der Waals surface area contributed by atoms with Gasteiger partial charge in [0.15, 0.2) is 5.96 Å². The first-order valence-electron chi connectivity index (χ1n) is 6.35. The van der Waals surface area contributed by atoms with Crippen LogP contribution in [0, 0.1) is 8.98 Å². The van der Waals surface area contributed by atoms with Crippen LogP contribution in [0.4, 0.5) is 0 Å². The molecular weight excluding hydrogens is 405 g/mol. The van der Waals surface area contributed by atoms with Gasteiger partial charge in [0, 0.05) is 15.7 Å². The third kappa shape index (κ3) is 3.29. The molecule has 0 spiro atoms. The fourth-order valence-corrected chi connectivity index (χ4v) is 2.76. The zero-order chi connectivity index (χ0) is 14.1. The molecule has 6 nitrogen and oxygen atoms in total. The fraction of sp³-hybridized carbons (Fsp3) is 0.308. The van der Waals surface area contributed by atoms with E-state index in [0.717, 1.165) is 28.5 Å². The number of guanidine groups is 1. The Morgan fingerprint density at radius 1 is 1.38 bits per heavy atom. The largest absolute Gasteiger partial charge is 0.370 e. The van der Waals surface area contributed by atoms with Crippen LogP contribution in [0.15, 0.2) is 28.8 Å². The molecule has 2 aromatic rings. The molecule has 0 radical (unpaired) electrons. The predicted octanol–water partition coefficient (Wildman–Crippen LogP) is 2.79. The minimum atomic E-state index is -0.0717. The van der Waals surface area contributed by atoms with Crippen LogP contribution in [0.2, 0.25) is 0 Å². The van der Waals surface area contributed by atoms with Crippen molar-refractivity contribution in [2.24, 2.45) is 5.73 Å². The minimum absolute atomic E-state index is 0. The Morgan fingerprint density at radius 2 is 2.10 bits per heavy atom. The standard InChI is InChI=1S/C13H14IN5O.ClH/c14-9-5-3-8(4-6-9)11-17-12(20-18-11)10-2-1-7-19(10)13(15)16;/h3-6,10H,1-2,7H2,(H3,15,16);1H/t10-;/m0./s1. The van der Waals surface area contributed by atoms with Crippen LogP contribution in [-0.2, 0) is 0 Å². The summed E-state index contributed by atoms with van der Waals surface area (Å²) in [6, 6.07) is 7.87. The highest BCUT2D eigenvalue weighted by molar-refractivity contribution is 14.1. The molecular formula is C13H15ClIN5O. The van der Waals surface area contributed by atoms with E-state index >= 15 is 0 Å². The maximum atomic E-state index is 7.58. The number of halogens is 2. The average molecular weight is 420 g/mol. The number of benzene rings is 1. The highest BCUT2D eigenvalue weighted by Gasteiger charge is 2.31. The third-order valence-electron chi connectivity index (χ3n) is 3.39. The van der Waals surface area contributed by atoms with E-state index in [1.54, 1.807) is 4.90 Å². The summed E-state index contributed by atoms with van der Waals surface area (Å²) in [6.45, 7) is 0.765. The van der Waals surface area contributed by atoms with Gasteiger partial charge in [0.2, 0.25) is 11.7 Å². The van der Waals surface area contributed by atoms with Crippen molar-refractivity contribution in [2.75, 3.05) is 6.54 Å². The number of rotatable bonds is 2. The van der Waals surface area contributed by atoms with Crippen LogP contribution in [0.1, 0.15) is 24.8 Å². The van der Waals surface area contributed by atoms with E-state index in [-0.39, 0.29) is 24.4 Å². The van der Waals surface area contributed by atoms with E-state index < -0.39 is 0 Å². The summed E-state index contributed by atoms with van der Waals surface area (Å²) in [4.78, 5) is 6.25. The van der Waals surface area contributed by atoms with Gasteiger partial charge in [-0.15, -0.1) is 12.4 Å². The number of nitrogens with one attached hydrogen (secondary N) is 1. The van der Waals surface area contributed by atoms with Gasteiger partial charge in [-0.25, -0.2) is 0 Å². The minimum Gasteiger partial charge on any atom is -0.370 e. The molecule has 1 atom stereocenters. The first-order valence-corrected chi connectivity index (χ1v) is 7.43. The van der Waals surface area contributed by atoms with Crippen LogP contribution < -0.4 is 5.73 Å². The lowest BCUT2D eigenvalue weighted by atomic mass is 10.2. The fourth-order valence-electron chi connectivity index (χ4n) is 2.40. The molecule has 112 valence electrons. The Hall–Kier alpha value is -1.35. The summed E-state index contributed by atoms with van der Waals surface area (Å²) < 4.78 is 6.52. The highest BCUT2D eigenvalue weighted by Crippen LogP contribution is 2.31. The van der Waals surface area contributed by atoms with Crippen LogP contribution in [-0.4, -0.2) is 27.5 Å². The summed E-state index contributed by atoms with van der Waals surface area (Å²) in [6.07, 6.45) is 1.86. The smallest absolute Gasteiger partial charge is 0.249 e. The van der Waals surface area contributed by atoms with E-state index in [2.05, 4.69) is 32.7 Å². The van der Waals surface area contributed by atoms with Gasteiger partial charge < -0.3 is 15.2 Å². The molecule has 1 aliphatic heterocycles. The first-order chi connectivity index (χ1) is 9.65. The molecule has 3 N–H and O–H groups in total. The van der Waals surface area contributed by atoms with Gasteiger partial charge in [-0.2, -0.15) is 4.98 Å². The van der Waals surface area contributed by atoms with Crippen LogP contribution in [0.3, 0.4) is 0 Å². The molecule has 1 saturated heterocycles. The second kappa shape index (κ2) is 6.61. The number of nitrogens with zero attached hydrogens (tertiary/aromatic N) is 3. The molecule has 0 saturated carbocycles. The Balaban J connectivity index is 0.00000161. The van der Waals surface area contributed by atoms with Crippen molar-refractivity contribution in [1.29, 1.82) is 5.41 Å². The lowest BCUT2D eigenvalue weighted by Gasteiger charge is -2.21. The number of nitrogens with two attached hydrogens (primary N) is 1. The zero-order valence-electron chi connectivity index (χ0n) is 11.1. The first kappa shape index (κ1) is 16.0. The molecule has 0 unspecified atom stereocenters. The molecule has 1 aromatic heterocycles. The van der Waals surface area contributed by atoms with Gasteiger partial charge in [-0.1, -0.05) is 17.3 Å². The SMILES string of the molecule is Cl.N=C(N)N1CCC[C@H]1c1nc(-c2ccc(I)cc2)no1. The molecule has 8 heteroatoms. The molecule has 1 aromatic carbocycles.